The molecular weight excluding hydrogens is 182 g/mol. The Kier molecular flexibility index (Phi) is 2.54. The van der Waals surface area contributed by atoms with E-state index >= 15 is 0 Å². The summed E-state index contributed by atoms with van der Waals surface area (Å²) in [5.41, 5.74) is 0. The highest BCUT2D eigenvalue weighted by Crippen LogP contribution is 2.58. The Morgan fingerprint density at radius 1 is 1.13 bits per heavy atom. The first-order valence-electron chi connectivity index (χ1n) is 7.05. The van der Waals surface area contributed by atoms with Gasteiger partial charge in [0.1, 0.15) is 0 Å². The molecule has 0 saturated heterocycles. The second-order valence-corrected chi connectivity index (χ2v) is 6.24. The molecule has 0 aromatic carbocycles. The molecule has 1 heteroatoms. The van der Waals surface area contributed by atoms with Gasteiger partial charge in [0, 0.05) is 12.1 Å². The lowest BCUT2D eigenvalue weighted by molar-refractivity contribution is 0.199. The van der Waals surface area contributed by atoms with E-state index in [1.54, 1.807) is 19.3 Å². The molecule has 0 aliphatic heterocycles. The molecule has 2 bridgehead atoms. The molecule has 1 nitrogen and oxygen atoms in total. The molecule has 15 heavy (non-hydrogen) atoms. The van der Waals surface area contributed by atoms with Crippen molar-refractivity contribution in [2.24, 2.45) is 23.7 Å². The Morgan fingerprint density at radius 3 is 2.73 bits per heavy atom. The monoisotopic (exact) mass is 207 g/mol. The number of hydrogen-bond acceptors (Lipinski definition) is 1. The van der Waals surface area contributed by atoms with E-state index < -0.39 is 0 Å². The molecule has 0 spiro atoms. The number of nitrogens with one attached hydrogen (secondary N) is 1. The van der Waals surface area contributed by atoms with Gasteiger partial charge < -0.3 is 5.32 Å². The van der Waals surface area contributed by atoms with E-state index in [4.69, 9.17) is 0 Å². The average molecular weight is 207 g/mol. The van der Waals surface area contributed by atoms with Crippen molar-refractivity contribution in [2.45, 2.75) is 64.5 Å². The van der Waals surface area contributed by atoms with Crippen molar-refractivity contribution in [3.8, 4) is 0 Å². The van der Waals surface area contributed by atoms with Crippen LogP contribution in [0.15, 0.2) is 0 Å². The third kappa shape index (κ3) is 1.54. The summed E-state index contributed by atoms with van der Waals surface area (Å²) in [4.78, 5) is 0. The maximum Gasteiger partial charge on any atom is 0.0103 e. The summed E-state index contributed by atoms with van der Waals surface area (Å²) in [6, 6.07) is 1.61. The maximum atomic E-state index is 3.87. The zero-order chi connectivity index (χ0) is 10.4. The van der Waals surface area contributed by atoms with Gasteiger partial charge in [0.2, 0.25) is 0 Å². The van der Waals surface area contributed by atoms with E-state index in [-0.39, 0.29) is 0 Å². The van der Waals surface area contributed by atoms with E-state index in [1.165, 1.54) is 19.3 Å². The summed E-state index contributed by atoms with van der Waals surface area (Å²) < 4.78 is 0. The van der Waals surface area contributed by atoms with Crippen LogP contribution in [0, 0.1) is 23.7 Å². The van der Waals surface area contributed by atoms with Crippen molar-refractivity contribution in [3.63, 3.8) is 0 Å². The van der Waals surface area contributed by atoms with Crippen LogP contribution in [0.2, 0.25) is 0 Å². The van der Waals surface area contributed by atoms with Crippen LogP contribution >= 0.6 is 0 Å². The lowest BCUT2D eigenvalue weighted by Crippen LogP contribution is -2.43. The van der Waals surface area contributed by atoms with Gasteiger partial charge >= 0.3 is 0 Å². The molecule has 0 heterocycles. The van der Waals surface area contributed by atoms with Crippen LogP contribution in [0.4, 0.5) is 0 Å². The number of hydrogen-bond donors (Lipinski definition) is 1. The van der Waals surface area contributed by atoms with Crippen LogP contribution in [-0.4, -0.2) is 12.1 Å². The summed E-state index contributed by atoms with van der Waals surface area (Å²) in [6.07, 6.45) is 8.96. The van der Waals surface area contributed by atoms with Gasteiger partial charge in [-0.3, -0.25) is 0 Å². The van der Waals surface area contributed by atoms with Gasteiger partial charge in [-0.15, -0.1) is 0 Å². The Bertz CT molecular complexity index is 237. The zero-order valence-electron chi connectivity index (χ0n) is 10.2. The molecule has 3 fully saturated rings. The van der Waals surface area contributed by atoms with Gasteiger partial charge in [-0.2, -0.15) is 0 Å². The molecule has 1 N–H and O–H groups in total. The highest BCUT2D eigenvalue weighted by atomic mass is 15.0. The Morgan fingerprint density at radius 2 is 1.93 bits per heavy atom. The van der Waals surface area contributed by atoms with Gasteiger partial charge in [0.15, 0.2) is 0 Å². The van der Waals surface area contributed by atoms with Gasteiger partial charge in [0.05, 0.1) is 0 Å². The minimum Gasteiger partial charge on any atom is -0.311 e. The van der Waals surface area contributed by atoms with Crippen molar-refractivity contribution < 1.29 is 0 Å². The molecule has 0 aromatic heterocycles. The normalized spacial score (nSPS) is 49.6. The molecule has 3 aliphatic rings. The van der Waals surface area contributed by atoms with E-state index in [9.17, 15) is 0 Å². The summed E-state index contributed by atoms with van der Waals surface area (Å²) in [5.74, 6) is 4.41. The molecule has 86 valence electrons. The minimum atomic E-state index is 0.731. The topological polar surface area (TPSA) is 12.0 Å². The third-order valence-electron chi connectivity index (χ3n) is 5.54. The summed E-state index contributed by atoms with van der Waals surface area (Å²) in [5, 5.41) is 3.87. The van der Waals surface area contributed by atoms with Gasteiger partial charge in [-0.1, -0.05) is 13.3 Å². The Hall–Kier alpha value is -0.0400. The molecule has 6 atom stereocenters. The van der Waals surface area contributed by atoms with Crippen molar-refractivity contribution in [1.82, 2.24) is 5.32 Å². The predicted molar refractivity (Wildman–Crippen MR) is 63.7 cm³/mol. The quantitative estimate of drug-likeness (QED) is 0.749. The minimum absolute atomic E-state index is 0.731. The average Bonchev–Trinajstić information content (AvgIpc) is 2.87. The van der Waals surface area contributed by atoms with E-state index in [2.05, 4.69) is 19.2 Å². The summed E-state index contributed by atoms with van der Waals surface area (Å²) in [7, 11) is 0. The van der Waals surface area contributed by atoms with Crippen LogP contribution in [0.3, 0.4) is 0 Å². The van der Waals surface area contributed by atoms with Crippen molar-refractivity contribution >= 4 is 0 Å². The fraction of sp³-hybridized carbons (Fsp3) is 1.00. The molecule has 0 aromatic rings. The predicted octanol–water partition coefficient (Wildman–Crippen LogP) is 3.20. The Balaban J connectivity index is 1.65. The van der Waals surface area contributed by atoms with E-state index in [0.29, 0.717) is 0 Å². The highest BCUT2D eigenvalue weighted by molar-refractivity contribution is 5.05. The van der Waals surface area contributed by atoms with Gasteiger partial charge in [0.25, 0.3) is 0 Å². The standard InChI is InChI=1S/C14H25N/c1-3-9(2)15-14-8-10-7-13(14)12-6-4-5-11(10)12/h9-15H,3-8H2,1-2H3/t9-,10+,11-,12+,13-,14-/m1/s1. The smallest absolute Gasteiger partial charge is 0.0103 e. The number of fused-ring (bicyclic) bond motifs is 5. The lowest BCUT2D eigenvalue weighted by atomic mass is 9.79. The third-order valence-corrected chi connectivity index (χ3v) is 5.54. The number of rotatable bonds is 3. The van der Waals surface area contributed by atoms with Crippen LogP contribution in [0.25, 0.3) is 0 Å². The largest absolute Gasteiger partial charge is 0.311 e. The van der Waals surface area contributed by atoms with Crippen LogP contribution in [-0.2, 0) is 0 Å². The molecule has 0 unspecified atom stereocenters. The molecule has 0 amide bonds. The molecule has 3 aliphatic carbocycles. The highest BCUT2D eigenvalue weighted by Gasteiger charge is 2.53. The second kappa shape index (κ2) is 3.76. The van der Waals surface area contributed by atoms with E-state index in [0.717, 1.165) is 35.8 Å². The lowest BCUT2D eigenvalue weighted by Gasteiger charge is -2.33. The Labute approximate surface area is 94.0 Å². The van der Waals surface area contributed by atoms with Crippen LogP contribution in [0.1, 0.15) is 52.4 Å². The summed E-state index contributed by atoms with van der Waals surface area (Å²) >= 11 is 0. The first-order chi connectivity index (χ1) is 7.29. The second-order valence-electron chi connectivity index (χ2n) is 6.24. The first-order valence-corrected chi connectivity index (χ1v) is 7.05. The fourth-order valence-corrected chi connectivity index (χ4v) is 4.74. The molecular formula is C14H25N. The maximum absolute atomic E-state index is 3.87. The zero-order valence-corrected chi connectivity index (χ0v) is 10.2. The molecule has 3 saturated carbocycles. The first kappa shape index (κ1) is 10.1. The SMILES string of the molecule is CC[C@@H](C)N[C@@H]1C[C@@H]2C[C@@H]1[C@H]1CCC[C@H]21. The van der Waals surface area contributed by atoms with Crippen molar-refractivity contribution in [1.29, 1.82) is 0 Å². The van der Waals surface area contributed by atoms with Crippen LogP contribution < -0.4 is 5.32 Å². The van der Waals surface area contributed by atoms with Gasteiger partial charge in [-0.25, -0.2) is 0 Å². The van der Waals surface area contributed by atoms with Crippen LogP contribution in [0.5, 0.6) is 0 Å². The fourth-order valence-electron chi connectivity index (χ4n) is 4.74. The van der Waals surface area contributed by atoms with E-state index in [1.807, 2.05) is 0 Å². The molecule has 0 radical (unpaired) electrons. The van der Waals surface area contributed by atoms with Crippen molar-refractivity contribution in [3.05, 3.63) is 0 Å². The van der Waals surface area contributed by atoms with Gasteiger partial charge in [-0.05, 0) is 62.7 Å². The molecule has 3 rings (SSSR count). The summed E-state index contributed by atoms with van der Waals surface area (Å²) in [6.45, 7) is 4.64. The van der Waals surface area contributed by atoms with Crippen molar-refractivity contribution in [2.75, 3.05) is 0 Å².